The molecule has 94 valence electrons. The predicted molar refractivity (Wildman–Crippen MR) is 76.1 cm³/mol. The van der Waals surface area contributed by atoms with Crippen molar-refractivity contribution in [1.29, 1.82) is 0 Å². The SMILES string of the molecule is CNCC1CCN(C(=O)c2cc(I)c[nH]2)CC1. The number of aromatic nitrogens is 1. The number of hydrogen-bond acceptors (Lipinski definition) is 2. The first-order chi connectivity index (χ1) is 8.20. The number of nitrogens with zero attached hydrogens (tertiary/aromatic N) is 1. The number of carbonyl (C=O) groups excluding carboxylic acids is 1. The molecule has 1 amide bonds. The van der Waals surface area contributed by atoms with E-state index >= 15 is 0 Å². The molecule has 1 aromatic heterocycles. The van der Waals surface area contributed by atoms with Crippen LogP contribution in [0, 0.1) is 9.49 Å². The lowest BCUT2D eigenvalue weighted by molar-refractivity contribution is 0.0685. The van der Waals surface area contributed by atoms with E-state index in [1.165, 1.54) is 0 Å². The van der Waals surface area contributed by atoms with Gasteiger partial charge < -0.3 is 15.2 Å². The molecule has 0 unspecified atom stereocenters. The summed E-state index contributed by atoms with van der Waals surface area (Å²) in [5.74, 6) is 0.851. The van der Waals surface area contributed by atoms with E-state index < -0.39 is 0 Å². The lowest BCUT2D eigenvalue weighted by atomic mass is 9.97. The lowest BCUT2D eigenvalue weighted by Gasteiger charge is -2.31. The van der Waals surface area contributed by atoms with Crippen LogP contribution in [-0.2, 0) is 0 Å². The van der Waals surface area contributed by atoms with Gasteiger partial charge in [0.1, 0.15) is 5.69 Å². The van der Waals surface area contributed by atoms with E-state index in [4.69, 9.17) is 0 Å². The molecule has 0 aromatic carbocycles. The standard InChI is InChI=1S/C12H18IN3O/c1-14-7-9-2-4-16(5-3-9)12(17)11-6-10(13)8-15-11/h6,8-9,14-15H,2-5,7H2,1H3. The van der Waals surface area contributed by atoms with E-state index in [9.17, 15) is 4.79 Å². The van der Waals surface area contributed by atoms with Crippen molar-refractivity contribution in [3.63, 3.8) is 0 Å². The molecule has 2 rings (SSSR count). The van der Waals surface area contributed by atoms with Crippen molar-refractivity contribution in [2.45, 2.75) is 12.8 Å². The molecule has 0 spiro atoms. The monoisotopic (exact) mass is 347 g/mol. The second kappa shape index (κ2) is 5.86. The molecule has 0 aliphatic carbocycles. The van der Waals surface area contributed by atoms with E-state index in [1.54, 1.807) is 0 Å². The van der Waals surface area contributed by atoms with Gasteiger partial charge in [-0.1, -0.05) is 0 Å². The molecule has 0 saturated carbocycles. The normalized spacial score (nSPS) is 17.4. The number of likely N-dealkylation sites (tertiary alicyclic amines) is 1. The minimum atomic E-state index is 0.135. The molecule has 1 aliphatic heterocycles. The number of piperidine rings is 1. The van der Waals surface area contributed by atoms with Crippen LogP contribution in [0.3, 0.4) is 0 Å². The van der Waals surface area contributed by atoms with Gasteiger partial charge in [-0.05, 0) is 61.0 Å². The van der Waals surface area contributed by atoms with Gasteiger partial charge in [0.05, 0.1) is 0 Å². The molecule has 17 heavy (non-hydrogen) atoms. The van der Waals surface area contributed by atoms with Gasteiger partial charge in [0, 0.05) is 22.9 Å². The van der Waals surface area contributed by atoms with E-state index in [-0.39, 0.29) is 5.91 Å². The molecule has 1 aliphatic rings. The topological polar surface area (TPSA) is 48.1 Å². The third-order valence-electron chi connectivity index (χ3n) is 3.27. The molecule has 5 heteroatoms. The highest BCUT2D eigenvalue weighted by molar-refractivity contribution is 14.1. The fourth-order valence-electron chi connectivity index (χ4n) is 2.29. The van der Waals surface area contributed by atoms with Crippen LogP contribution in [0.2, 0.25) is 0 Å². The molecular weight excluding hydrogens is 329 g/mol. The molecule has 2 heterocycles. The van der Waals surface area contributed by atoms with Crippen LogP contribution in [-0.4, -0.2) is 42.5 Å². The quantitative estimate of drug-likeness (QED) is 0.818. The largest absolute Gasteiger partial charge is 0.356 e. The van der Waals surface area contributed by atoms with Gasteiger partial charge in [-0.15, -0.1) is 0 Å². The minimum absolute atomic E-state index is 0.135. The van der Waals surface area contributed by atoms with E-state index in [1.807, 2.05) is 24.2 Å². The minimum Gasteiger partial charge on any atom is -0.356 e. The summed E-state index contributed by atoms with van der Waals surface area (Å²) in [6.07, 6.45) is 4.07. The predicted octanol–water partition coefficient (Wildman–Crippen LogP) is 1.69. The summed E-state index contributed by atoms with van der Waals surface area (Å²) in [6.45, 7) is 2.81. The zero-order chi connectivity index (χ0) is 12.3. The van der Waals surface area contributed by atoms with Gasteiger partial charge in [0.2, 0.25) is 0 Å². The first-order valence-corrected chi connectivity index (χ1v) is 7.06. The van der Waals surface area contributed by atoms with Crippen LogP contribution in [0.1, 0.15) is 23.3 Å². The average molecular weight is 347 g/mol. The molecule has 0 bridgehead atoms. The van der Waals surface area contributed by atoms with Crippen molar-refractivity contribution in [1.82, 2.24) is 15.2 Å². The number of H-pyrrole nitrogens is 1. The highest BCUT2D eigenvalue weighted by Gasteiger charge is 2.23. The number of halogens is 1. The van der Waals surface area contributed by atoms with Crippen LogP contribution >= 0.6 is 22.6 Å². The number of nitrogens with one attached hydrogen (secondary N) is 2. The number of amides is 1. The summed E-state index contributed by atoms with van der Waals surface area (Å²) in [6, 6.07) is 1.91. The first kappa shape index (κ1) is 12.9. The van der Waals surface area contributed by atoms with Crippen LogP contribution in [0.25, 0.3) is 0 Å². The summed E-state index contributed by atoms with van der Waals surface area (Å²) < 4.78 is 1.08. The molecule has 0 radical (unpaired) electrons. The Labute approximate surface area is 115 Å². The zero-order valence-electron chi connectivity index (χ0n) is 10.0. The van der Waals surface area contributed by atoms with E-state index in [0.717, 1.165) is 36.0 Å². The Balaban J connectivity index is 1.90. The van der Waals surface area contributed by atoms with Crippen molar-refractivity contribution in [2.75, 3.05) is 26.7 Å². The summed E-state index contributed by atoms with van der Waals surface area (Å²) in [5, 5.41) is 3.21. The highest BCUT2D eigenvalue weighted by atomic mass is 127. The first-order valence-electron chi connectivity index (χ1n) is 5.98. The molecule has 2 N–H and O–H groups in total. The number of carbonyl (C=O) groups is 1. The Kier molecular flexibility index (Phi) is 4.44. The second-order valence-electron chi connectivity index (χ2n) is 4.52. The lowest BCUT2D eigenvalue weighted by Crippen LogP contribution is -2.40. The van der Waals surface area contributed by atoms with Gasteiger partial charge in [-0.2, -0.15) is 0 Å². The zero-order valence-corrected chi connectivity index (χ0v) is 12.2. The van der Waals surface area contributed by atoms with Gasteiger partial charge in [-0.25, -0.2) is 0 Å². The van der Waals surface area contributed by atoms with E-state index in [0.29, 0.717) is 11.6 Å². The fourth-order valence-corrected chi connectivity index (χ4v) is 2.76. The van der Waals surface area contributed by atoms with Crippen LogP contribution < -0.4 is 5.32 Å². The van der Waals surface area contributed by atoms with Crippen molar-refractivity contribution in [2.24, 2.45) is 5.92 Å². The van der Waals surface area contributed by atoms with E-state index in [2.05, 4.69) is 32.9 Å². The Hall–Kier alpha value is -0.560. The van der Waals surface area contributed by atoms with Crippen LogP contribution in [0.4, 0.5) is 0 Å². The number of rotatable bonds is 3. The molecule has 1 aromatic rings. The maximum Gasteiger partial charge on any atom is 0.270 e. The summed E-state index contributed by atoms with van der Waals surface area (Å²) in [5.41, 5.74) is 0.710. The third-order valence-corrected chi connectivity index (χ3v) is 3.90. The van der Waals surface area contributed by atoms with Crippen LogP contribution in [0.15, 0.2) is 12.3 Å². The van der Waals surface area contributed by atoms with Crippen molar-refractivity contribution in [3.05, 3.63) is 21.5 Å². The Morgan fingerprint density at radius 2 is 2.29 bits per heavy atom. The van der Waals surface area contributed by atoms with Crippen molar-refractivity contribution >= 4 is 28.5 Å². The van der Waals surface area contributed by atoms with Gasteiger partial charge in [-0.3, -0.25) is 4.79 Å². The Morgan fingerprint density at radius 1 is 1.59 bits per heavy atom. The average Bonchev–Trinajstić information content (AvgIpc) is 2.76. The third kappa shape index (κ3) is 3.22. The number of aromatic amines is 1. The molecular formula is C12H18IN3O. The summed E-state index contributed by atoms with van der Waals surface area (Å²) in [7, 11) is 1.98. The van der Waals surface area contributed by atoms with Crippen LogP contribution in [0.5, 0.6) is 0 Å². The summed E-state index contributed by atoms with van der Waals surface area (Å²) >= 11 is 2.21. The maximum atomic E-state index is 12.2. The highest BCUT2D eigenvalue weighted by Crippen LogP contribution is 2.18. The van der Waals surface area contributed by atoms with Gasteiger partial charge in [0.15, 0.2) is 0 Å². The maximum absolute atomic E-state index is 12.2. The van der Waals surface area contributed by atoms with Crippen molar-refractivity contribution < 1.29 is 4.79 Å². The molecule has 4 nitrogen and oxygen atoms in total. The fraction of sp³-hybridized carbons (Fsp3) is 0.583. The second-order valence-corrected chi connectivity index (χ2v) is 5.77. The Bertz CT molecular complexity index is 383. The Morgan fingerprint density at radius 3 is 2.82 bits per heavy atom. The van der Waals surface area contributed by atoms with Gasteiger partial charge >= 0.3 is 0 Å². The number of hydrogen-bond donors (Lipinski definition) is 2. The smallest absolute Gasteiger partial charge is 0.270 e. The van der Waals surface area contributed by atoms with Gasteiger partial charge in [0.25, 0.3) is 5.91 Å². The van der Waals surface area contributed by atoms with Crippen molar-refractivity contribution in [3.8, 4) is 0 Å². The molecule has 1 fully saturated rings. The summed E-state index contributed by atoms with van der Waals surface area (Å²) in [4.78, 5) is 17.1. The molecule has 1 saturated heterocycles. The molecule has 0 atom stereocenters.